The summed E-state index contributed by atoms with van der Waals surface area (Å²) in [7, 11) is 0. The number of hydrogen-bond acceptors (Lipinski definition) is 7. The zero-order valence-electron chi connectivity index (χ0n) is 20.4. The fraction of sp³-hybridized carbons (Fsp3) is 0.346. The Hall–Kier alpha value is -2.98. The van der Waals surface area contributed by atoms with E-state index in [4.69, 9.17) is 22.1 Å². The predicted molar refractivity (Wildman–Crippen MR) is 143 cm³/mol. The zero-order valence-corrected chi connectivity index (χ0v) is 21.9. The van der Waals surface area contributed by atoms with E-state index in [9.17, 15) is 4.79 Å². The molecule has 36 heavy (non-hydrogen) atoms. The highest BCUT2D eigenvalue weighted by Gasteiger charge is 2.22. The smallest absolute Gasteiger partial charge is 0.262 e. The molecule has 0 unspecified atom stereocenters. The number of amides is 1. The standard InChI is InChI=1S/C26H29ClN6O2S/c1-3-31-8-10-32(11-9-31)15-18-12-22-21(14-29-18)30-16-33(22)24-13-23(25(36-24)26(28)34)35-17(2)19-6-4-5-7-20(19)27/h4-7,12-14,16-17H,3,8-11,15H2,1-2H3,(H2,28,34)/t17-/m1/s1. The summed E-state index contributed by atoms with van der Waals surface area (Å²) in [5, 5.41) is 1.40. The summed E-state index contributed by atoms with van der Waals surface area (Å²) in [5.41, 5.74) is 9.25. The number of carbonyl (C=O) groups excluding carboxylic acids is 1. The van der Waals surface area contributed by atoms with E-state index in [1.807, 2.05) is 48.0 Å². The number of ether oxygens (including phenoxy) is 1. The van der Waals surface area contributed by atoms with Crippen molar-refractivity contribution in [3.05, 3.63) is 70.1 Å². The largest absolute Gasteiger partial charge is 0.484 e. The van der Waals surface area contributed by atoms with Gasteiger partial charge in [-0.1, -0.05) is 36.7 Å². The zero-order chi connectivity index (χ0) is 25.2. The molecule has 0 saturated carbocycles. The lowest BCUT2D eigenvalue weighted by atomic mass is 10.1. The van der Waals surface area contributed by atoms with Crippen molar-refractivity contribution in [3.63, 3.8) is 0 Å². The van der Waals surface area contributed by atoms with Gasteiger partial charge in [-0.05, 0) is 25.6 Å². The van der Waals surface area contributed by atoms with Crippen molar-refractivity contribution in [2.75, 3.05) is 32.7 Å². The topological polar surface area (TPSA) is 89.5 Å². The predicted octanol–water partition coefficient (Wildman–Crippen LogP) is 4.51. The average Bonchev–Trinajstić information content (AvgIpc) is 3.48. The average molecular weight is 525 g/mol. The minimum absolute atomic E-state index is 0.355. The van der Waals surface area contributed by atoms with Crippen LogP contribution in [0.25, 0.3) is 16.0 Å². The maximum Gasteiger partial charge on any atom is 0.262 e. The van der Waals surface area contributed by atoms with Crippen molar-refractivity contribution in [3.8, 4) is 10.8 Å². The van der Waals surface area contributed by atoms with E-state index < -0.39 is 5.91 Å². The summed E-state index contributed by atoms with van der Waals surface area (Å²) < 4.78 is 8.13. The van der Waals surface area contributed by atoms with Crippen LogP contribution < -0.4 is 10.5 Å². The van der Waals surface area contributed by atoms with Gasteiger partial charge in [0.2, 0.25) is 0 Å². The lowest BCUT2D eigenvalue weighted by Crippen LogP contribution is -2.45. The Balaban J connectivity index is 1.42. The van der Waals surface area contributed by atoms with Crippen molar-refractivity contribution in [1.29, 1.82) is 0 Å². The van der Waals surface area contributed by atoms with Crippen LogP contribution in [0.2, 0.25) is 5.02 Å². The molecule has 0 spiro atoms. The molecule has 1 saturated heterocycles. The summed E-state index contributed by atoms with van der Waals surface area (Å²) in [6.45, 7) is 10.2. The maximum atomic E-state index is 12.3. The number of aromatic nitrogens is 3. The number of hydrogen-bond donors (Lipinski definition) is 1. The van der Waals surface area contributed by atoms with Crippen LogP contribution in [0.5, 0.6) is 5.75 Å². The molecule has 1 fully saturated rings. The molecule has 3 aromatic heterocycles. The van der Waals surface area contributed by atoms with Crippen molar-refractivity contribution in [1.82, 2.24) is 24.3 Å². The lowest BCUT2D eigenvalue weighted by molar-refractivity contribution is 0.0998. The number of fused-ring (bicyclic) bond motifs is 1. The van der Waals surface area contributed by atoms with Crippen molar-refractivity contribution >= 4 is 39.9 Å². The first-order valence-corrected chi connectivity index (χ1v) is 13.2. The Labute approximate surface area is 219 Å². The summed E-state index contributed by atoms with van der Waals surface area (Å²) in [5.74, 6) is -0.106. The van der Waals surface area contributed by atoms with Gasteiger partial charge in [0.25, 0.3) is 5.91 Å². The van der Waals surface area contributed by atoms with Gasteiger partial charge in [0.1, 0.15) is 33.6 Å². The molecule has 5 rings (SSSR count). The molecular weight excluding hydrogens is 496 g/mol. The summed E-state index contributed by atoms with van der Waals surface area (Å²) in [6.07, 6.45) is 3.19. The van der Waals surface area contributed by atoms with Crippen LogP contribution in [0, 0.1) is 0 Å². The van der Waals surface area contributed by atoms with Crippen LogP contribution in [0.3, 0.4) is 0 Å². The monoisotopic (exact) mass is 524 g/mol. The van der Waals surface area contributed by atoms with Crippen molar-refractivity contribution < 1.29 is 9.53 Å². The first-order valence-electron chi connectivity index (χ1n) is 12.0. The van der Waals surface area contributed by atoms with Crippen LogP contribution in [-0.4, -0.2) is 63.0 Å². The van der Waals surface area contributed by atoms with Gasteiger partial charge in [0.15, 0.2) is 0 Å². The van der Waals surface area contributed by atoms with Gasteiger partial charge in [-0.25, -0.2) is 4.98 Å². The summed E-state index contributed by atoms with van der Waals surface area (Å²) in [6, 6.07) is 11.4. The number of rotatable bonds is 8. The summed E-state index contributed by atoms with van der Waals surface area (Å²) in [4.78, 5) is 26.7. The summed E-state index contributed by atoms with van der Waals surface area (Å²) >= 11 is 7.63. The number of nitrogens with two attached hydrogens (primary N) is 1. The van der Waals surface area contributed by atoms with Crippen LogP contribution >= 0.6 is 22.9 Å². The molecule has 8 nitrogen and oxygen atoms in total. The van der Waals surface area contributed by atoms with Gasteiger partial charge in [-0.15, -0.1) is 11.3 Å². The van der Waals surface area contributed by atoms with Crippen LogP contribution in [0.15, 0.2) is 48.9 Å². The SMILES string of the molecule is CCN1CCN(Cc2cc3c(cn2)ncn3-c2cc(O[C@H](C)c3ccccc3Cl)c(C(N)=O)s2)CC1. The number of benzene rings is 1. The van der Waals surface area contributed by atoms with E-state index in [0.717, 1.165) is 66.6 Å². The molecule has 0 radical (unpaired) electrons. The van der Waals surface area contributed by atoms with Crippen molar-refractivity contribution in [2.45, 2.75) is 26.5 Å². The van der Waals surface area contributed by atoms with E-state index in [1.165, 1.54) is 11.3 Å². The molecule has 188 valence electrons. The molecule has 1 amide bonds. The van der Waals surface area contributed by atoms with Gasteiger partial charge in [0, 0.05) is 49.4 Å². The van der Waals surface area contributed by atoms with Crippen molar-refractivity contribution in [2.24, 2.45) is 5.73 Å². The quantitative estimate of drug-likeness (QED) is 0.365. The highest BCUT2D eigenvalue weighted by atomic mass is 35.5. The van der Waals surface area contributed by atoms with E-state index in [0.29, 0.717) is 15.6 Å². The number of carbonyl (C=O) groups is 1. The lowest BCUT2D eigenvalue weighted by Gasteiger charge is -2.33. The number of likely N-dealkylation sites (N-methyl/N-ethyl adjacent to an activating group) is 1. The molecule has 10 heteroatoms. The Morgan fingerprint density at radius 2 is 1.92 bits per heavy atom. The first kappa shape index (κ1) is 24.7. The van der Waals surface area contributed by atoms with Gasteiger partial charge < -0.3 is 15.4 Å². The Morgan fingerprint density at radius 1 is 1.17 bits per heavy atom. The number of piperazine rings is 1. The molecule has 4 aromatic rings. The van der Waals surface area contributed by atoms with Crippen LogP contribution in [-0.2, 0) is 6.54 Å². The number of thiophene rings is 1. The Kier molecular flexibility index (Phi) is 7.25. The highest BCUT2D eigenvalue weighted by molar-refractivity contribution is 7.16. The second kappa shape index (κ2) is 10.6. The second-order valence-electron chi connectivity index (χ2n) is 8.91. The Bertz CT molecular complexity index is 1380. The number of nitrogens with zero attached hydrogens (tertiary/aromatic N) is 5. The van der Waals surface area contributed by atoms with Gasteiger partial charge in [0.05, 0.1) is 17.4 Å². The number of halogens is 1. The first-order chi connectivity index (χ1) is 17.4. The minimum atomic E-state index is -0.536. The minimum Gasteiger partial charge on any atom is -0.484 e. The molecule has 1 atom stereocenters. The molecular formula is C26H29ClN6O2S. The number of primary amides is 1. The van der Waals surface area contributed by atoms with Crippen LogP contribution in [0.4, 0.5) is 0 Å². The van der Waals surface area contributed by atoms with Gasteiger partial charge in [-0.2, -0.15) is 0 Å². The molecule has 0 aliphatic carbocycles. The normalized spacial score (nSPS) is 15.9. The van der Waals surface area contributed by atoms with E-state index in [1.54, 1.807) is 6.33 Å². The molecule has 4 heterocycles. The molecule has 1 aromatic carbocycles. The maximum absolute atomic E-state index is 12.3. The number of pyridine rings is 1. The third-order valence-electron chi connectivity index (χ3n) is 6.58. The van der Waals surface area contributed by atoms with E-state index in [-0.39, 0.29) is 6.10 Å². The molecule has 1 aliphatic rings. The Morgan fingerprint density at radius 3 is 2.64 bits per heavy atom. The van der Waals surface area contributed by atoms with Gasteiger partial charge >= 0.3 is 0 Å². The third kappa shape index (κ3) is 5.10. The van der Waals surface area contributed by atoms with Crippen LogP contribution in [0.1, 0.15) is 40.9 Å². The third-order valence-corrected chi connectivity index (χ3v) is 8.06. The van der Waals surface area contributed by atoms with E-state index >= 15 is 0 Å². The fourth-order valence-corrected chi connectivity index (χ4v) is 5.72. The fourth-order valence-electron chi connectivity index (χ4n) is 4.51. The molecule has 0 bridgehead atoms. The highest BCUT2D eigenvalue weighted by Crippen LogP contribution is 2.37. The molecule has 2 N–H and O–H groups in total. The van der Waals surface area contributed by atoms with Gasteiger partial charge in [-0.3, -0.25) is 19.2 Å². The van der Waals surface area contributed by atoms with E-state index in [2.05, 4.69) is 32.8 Å². The second-order valence-corrected chi connectivity index (χ2v) is 10.4. The molecule has 1 aliphatic heterocycles. The number of imidazole rings is 1.